The molecule has 0 saturated heterocycles. The van der Waals surface area contributed by atoms with Crippen molar-refractivity contribution in [3.8, 4) is 11.5 Å². The van der Waals surface area contributed by atoms with E-state index in [0.717, 1.165) is 12.1 Å². The first-order chi connectivity index (χ1) is 12.3. The zero-order valence-electron chi connectivity index (χ0n) is 14.8. The molecule has 0 aliphatic carbocycles. The van der Waals surface area contributed by atoms with Crippen molar-refractivity contribution in [2.45, 2.75) is 19.3 Å². The summed E-state index contributed by atoms with van der Waals surface area (Å²) < 4.78 is 43.4. The molecule has 2 aromatic rings. The monoisotopic (exact) mass is 495 g/mol. The molecule has 0 aliphatic heterocycles. The average Bonchev–Trinajstić information content (AvgIpc) is 2.62. The van der Waals surface area contributed by atoms with Crippen LogP contribution < -0.4 is 15.4 Å². The predicted molar refractivity (Wildman–Crippen MR) is 109 cm³/mol. The molecule has 2 aromatic carbocycles. The minimum atomic E-state index is -4.38. The number of ether oxygens (including phenoxy) is 1. The van der Waals surface area contributed by atoms with Crippen molar-refractivity contribution < 1.29 is 23.0 Å². The molecule has 0 aliphatic rings. The van der Waals surface area contributed by atoms with E-state index in [-0.39, 0.29) is 42.8 Å². The number of nitrogens with one attached hydrogen (secondary N) is 2. The molecule has 0 fully saturated rings. The van der Waals surface area contributed by atoms with Gasteiger partial charge in [-0.25, -0.2) is 0 Å². The van der Waals surface area contributed by atoms with Crippen molar-refractivity contribution in [2.75, 3.05) is 14.2 Å². The van der Waals surface area contributed by atoms with E-state index >= 15 is 0 Å². The highest BCUT2D eigenvalue weighted by molar-refractivity contribution is 14.0. The van der Waals surface area contributed by atoms with Crippen molar-refractivity contribution in [1.82, 2.24) is 10.6 Å². The zero-order valence-corrected chi connectivity index (χ0v) is 17.1. The van der Waals surface area contributed by atoms with Gasteiger partial charge in [-0.3, -0.25) is 4.99 Å². The van der Waals surface area contributed by atoms with Crippen LogP contribution in [0.2, 0.25) is 0 Å². The van der Waals surface area contributed by atoms with Crippen molar-refractivity contribution >= 4 is 29.9 Å². The number of halogens is 4. The van der Waals surface area contributed by atoms with Crippen LogP contribution in [0.4, 0.5) is 13.2 Å². The lowest BCUT2D eigenvalue weighted by molar-refractivity contribution is -0.137. The maximum atomic E-state index is 12.8. The first kappa shape index (κ1) is 22.9. The third kappa shape index (κ3) is 6.81. The first-order valence-corrected chi connectivity index (χ1v) is 7.80. The second-order valence-corrected chi connectivity index (χ2v) is 5.47. The topological polar surface area (TPSA) is 65.9 Å². The SMILES string of the molecule is CN=C(NCc1cccc(C(F)(F)F)c1)NCc1cc(OC)ccc1O.I. The molecule has 3 N–H and O–H groups in total. The number of aliphatic imine (C=N–C) groups is 1. The number of phenols is 1. The average molecular weight is 495 g/mol. The highest BCUT2D eigenvalue weighted by Crippen LogP contribution is 2.29. The van der Waals surface area contributed by atoms with Gasteiger partial charge in [0.05, 0.1) is 12.7 Å². The van der Waals surface area contributed by atoms with E-state index in [1.54, 1.807) is 25.2 Å². The summed E-state index contributed by atoms with van der Waals surface area (Å²) in [6.07, 6.45) is -4.38. The molecule has 0 saturated carbocycles. The highest BCUT2D eigenvalue weighted by Gasteiger charge is 2.30. The molecule has 5 nitrogen and oxygen atoms in total. The van der Waals surface area contributed by atoms with Gasteiger partial charge in [-0.1, -0.05) is 12.1 Å². The third-order valence-electron chi connectivity index (χ3n) is 3.67. The van der Waals surface area contributed by atoms with Crippen LogP contribution in [0, 0.1) is 0 Å². The van der Waals surface area contributed by atoms with Gasteiger partial charge >= 0.3 is 6.18 Å². The van der Waals surface area contributed by atoms with E-state index in [1.165, 1.54) is 19.2 Å². The van der Waals surface area contributed by atoms with E-state index in [0.29, 0.717) is 22.8 Å². The lowest BCUT2D eigenvalue weighted by Crippen LogP contribution is -2.36. The third-order valence-corrected chi connectivity index (χ3v) is 3.67. The van der Waals surface area contributed by atoms with Crippen LogP contribution in [0.1, 0.15) is 16.7 Å². The molecule has 0 radical (unpaired) electrons. The standard InChI is InChI=1S/C18H20F3N3O2.HI/c1-22-17(24-11-13-9-15(26-2)6-7-16(13)25)23-10-12-4-3-5-14(8-12)18(19,20)21;/h3-9,25H,10-11H2,1-2H3,(H2,22,23,24);1H. The van der Waals surface area contributed by atoms with Crippen molar-refractivity contribution in [2.24, 2.45) is 4.99 Å². The number of phenolic OH excluding ortho intramolecular Hbond substituents is 1. The zero-order chi connectivity index (χ0) is 19.2. The van der Waals surface area contributed by atoms with Crippen molar-refractivity contribution in [3.63, 3.8) is 0 Å². The molecular weight excluding hydrogens is 474 g/mol. The Morgan fingerprint density at radius 2 is 1.81 bits per heavy atom. The van der Waals surface area contributed by atoms with Crippen LogP contribution >= 0.6 is 24.0 Å². The lowest BCUT2D eigenvalue weighted by atomic mass is 10.1. The van der Waals surface area contributed by atoms with E-state index in [2.05, 4.69) is 15.6 Å². The second-order valence-electron chi connectivity index (χ2n) is 5.47. The Bertz CT molecular complexity index is 783. The second kappa shape index (κ2) is 10.2. The Labute approximate surface area is 172 Å². The molecule has 0 atom stereocenters. The van der Waals surface area contributed by atoms with E-state index in [4.69, 9.17) is 4.74 Å². The number of rotatable bonds is 5. The molecule has 0 bridgehead atoms. The molecule has 0 spiro atoms. The molecule has 0 heterocycles. The summed E-state index contributed by atoms with van der Waals surface area (Å²) in [6.45, 7) is 0.443. The fourth-order valence-corrected chi connectivity index (χ4v) is 2.27. The summed E-state index contributed by atoms with van der Waals surface area (Å²) in [4.78, 5) is 4.02. The van der Waals surface area contributed by atoms with Crippen LogP contribution in [0.25, 0.3) is 0 Å². The van der Waals surface area contributed by atoms with Gasteiger partial charge in [0, 0.05) is 25.7 Å². The maximum absolute atomic E-state index is 12.8. The molecule has 0 aromatic heterocycles. The summed E-state index contributed by atoms with van der Waals surface area (Å²) in [5, 5.41) is 15.8. The van der Waals surface area contributed by atoms with E-state index in [1.807, 2.05) is 0 Å². The number of benzene rings is 2. The fraction of sp³-hybridized carbons (Fsp3) is 0.278. The fourth-order valence-electron chi connectivity index (χ4n) is 2.27. The minimum absolute atomic E-state index is 0. The van der Waals surface area contributed by atoms with Crippen LogP contribution in [0.5, 0.6) is 11.5 Å². The number of guanidine groups is 1. The van der Waals surface area contributed by atoms with Gasteiger partial charge in [0.15, 0.2) is 5.96 Å². The summed E-state index contributed by atoms with van der Waals surface area (Å²) in [6, 6.07) is 9.93. The molecule has 27 heavy (non-hydrogen) atoms. The van der Waals surface area contributed by atoms with Gasteiger partial charge in [0.25, 0.3) is 0 Å². The number of methoxy groups -OCH3 is 1. The lowest BCUT2D eigenvalue weighted by Gasteiger charge is -2.14. The van der Waals surface area contributed by atoms with Crippen LogP contribution in [-0.4, -0.2) is 25.2 Å². The molecule has 0 unspecified atom stereocenters. The van der Waals surface area contributed by atoms with Gasteiger partial charge in [0.1, 0.15) is 11.5 Å². The minimum Gasteiger partial charge on any atom is -0.508 e. The molecule has 2 rings (SSSR count). The summed E-state index contributed by atoms with van der Waals surface area (Å²) in [7, 11) is 3.08. The van der Waals surface area contributed by atoms with E-state index < -0.39 is 11.7 Å². The normalized spacial score (nSPS) is 11.5. The Morgan fingerprint density at radius 1 is 1.11 bits per heavy atom. The van der Waals surface area contributed by atoms with Gasteiger partial charge in [0.2, 0.25) is 0 Å². The van der Waals surface area contributed by atoms with Gasteiger partial charge in [-0.2, -0.15) is 13.2 Å². The Balaban J connectivity index is 0.00000364. The number of aromatic hydroxyl groups is 1. The smallest absolute Gasteiger partial charge is 0.416 e. The van der Waals surface area contributed by atoms with Gasteiger partial charge < -0.3 is 20.5 Å². The summed E-state index contributed by atoms with van der Waals surface area (Å²) >= 11 is 0. The van der Waals surface area contributed by atoms with Crippen LogP contribution in [-0.2, 0) is 19.3 Å². The summed E-state index contributed by atoms with van der Waals surface area (Å²) in [5.41, 5.74) is 0.388. The number of nitrogens with zero attached hydrogens (tertiary/aromatic N) is 1. The summed E-state index contributed by atoms with van der Waals surface area (Å²) in [5.74, 6) is 1.10. The number of hydrogen-bond donors (Lipinski definition) is 3. The Kier molecular flexibility index (Phi) is 8.67. The van der Waals surface area contributed by atoms with Crippen LogP contribution in [0.3, 0.4) is 0 Å². The molecule has 9 heteroatoms. The Hall–Kier alpha value is -2.17. The highest BCUT2D eigenvalue weighted by atomic mass is 127. The number of alkyl halides is 3. The number of hydrogen-bond acceptors (Lipinski definition) is 3. The van der Waals surface area contributed by atoms with Crippen molar-refractivity contribution in [3.05, 3.63) is 59.2 Å². The Morgan fingerprint density at radius 3 is 2.44 bits per heavy atom. The van der Waals surface area contributed by atoms with Gasteiger partial charge in [-0.05, 0) is 35.9 Å². The molecule has 0 amide bonds. The first-order valence-electron chi connectivity index (χ1n) is 7.80. The quantitative estimate of drug-likeness (QED) is 0.335. The molecule has 148 valence electrons. The van der Waals surface area contributed by atoms with Crippen LogP contribution in [0.15, 0.2) is 47.5 Å². The molecular formula is C18H21F3IN3O2. The maximum Gasteiger partial charge on any atom is 0.416 e. The largest absolute Gasteiger partial charge is 0.508 e. The predicted octanol–water partition coefficient (Wildman–Crippen LogP) is 3.90. The van der Waals surface area contributed by atoms with Gasteiger partial charge in [-0.15, -0.1) is 24.0 Å². The van der Waals surface area contributed by atoms with E-state index in [9.17, 15) is 18.3 Å². The van der Waals surface area contributed by atoms with Crippen molar-refractivity contribution in [1.29, 1.82) is 0 Å².